The van der Waals surface area contributed by atoms with Crippen molar-refractivity contribution in [1.29, 1.82) is 0 Å². The number of nitrogens with zero attached hydrogens (tertiary/aromatic N) is 2. The predicted octanol–water partition coefficient (Wildman–Crippen LogP) is 3.28. The molecule has 1 rings (SSSR count). The molecule has 0 radical (unpaired) electrons. The standard InChI is InChI=1S/C17H29ClN2O/c1-14(2)13-20(11-10-19(3)4)9-8-17(21)15-6-5-7-16(18)12-15/h5-7,12,14,17,21H,8-11,13H2,1-4H3. The molecule has 1 aromatic rings. The van der Waals surface area contributed by atoms with E-state index in [4.69, 9.17) is 11.6 Å². The number of hydrogen-bond donors (Lipinski definition) is 1. The third-order valence-electron chi connectivity index (χ3n) is 3.44. The molecule has 1 N–H and O–H groups in total. The van der Waals surface area contributed by atoms with Crippen LogP contribution in [0.3, 0.4) is 0 Å². The van der Waals surface area contributed by atoms with Gasteiger partial charge in [0.2, 0.25) is 0 Å². The molecular formula is C17H29ClN2O. The first-order valence-electron chi connectivity index (χ1n) is 7.69. The van der Waals surface area contributed by atoms with E-state index < -0.39 is 6.10 Å². The van der Waals surface area contributed by atoms with Crippen LogP contribution in [0.15, 0.2) is 24.3 Å². The summed E-state index contributed by atoms with van der Waals surface area (Å²) in [6.45, 7) is 8.51. The van der Waals surface area contributed by atoms with E-state index in [-0.39, 0.29) is 0 Å². The van der Waals surface area contributed by atoms with Gasteiger partial charge in [-0.1, -0.05) is 37.6 Å². The molecule has 0 fully saturated rings. The second-order valence-electron chi connectivity index (χ2n) is 6.36. The largest absolute Gasteiger partial charge is 0.388 e. The van der Waals surface area contributed by atoms with Crippen LogP contribution in [0.2, 0.25) is 5.02 Å². The molecule has 0 heterocycles. The minimum Gasteiger partial charge on any atom is -0.388 e. The van der Waals surface area contributed by atoms with Gasteiger partial charge in [0.05, 0.1) is 6.10 Å². The van der Waals surface area contributed by atoms with Gasteiger partial charge in [-0.25, -0.2) is 0 Å². The highest BCUT2D eigenvalue weighted by atomic mass is 35.5. The molecule has 0 aliphatic heterocycles. The van der Waals surface area contributed by atoms with Crippen molar-refractivity contribution in [2.24, 2.45) is 5.92 Å². The molecule has 0 bridgehead atoms. The van der Waals surface area contributed by atoms with Gasteiger partial charge in [0.15, 0.2) is 0 Å². The van der Waals surface area contributed by atoms with E-state index >= 15 is 0 Å². The lowest BCUT2D eigenvalue weighted by atomic mass is 10.1. The maximum atomic E-state index is 10.3. The van der Waals surface area contributed by atoms with E-state index in [1.807, 2.05) is 24.3 Å². The van der Waals surface area contributed by atoms with Crippen molar-refractivity contribution in [3.63, 3.8) is 0 Å². The Hall–Kier alpha value is -0.610. The van der Waals surface area contributed by atoms with Crippen LogP contribution in [0.5, 0.6) is 0 Å². The normalized spacial score (nSPS) is 13.4. The summed E-state index contributed by atoms with van der Waals surface area (Å²) < 4.78 is 0. The summed E-state index contributed by atoms with van der Waals surface area (Å²) in [4.78, 5) is 4.62. The van der Waals surface area contributed by atoms with Crippen LogP contribution in [0.1, 0.15) is 31.9 Å². The molecule has 4 heteroatoms. The van der Waals surface area contributed by atoms with Crippen LogP contribution in [-0.2, 0) is 0 Å². The Balaban J connectivity index is 2.50. The highest BCUT2D eigenvalue weighted by Gasteiger charge is 2.12. The number of rotatable bonds is 9. The van der Waals surface area contributed by atoms with Gasteiger partial charge in [-0.3, -0.25) is 0 Å². The van der Waals surface area contributed by atoms with E-state index in [0.717, 1.165) is 38.2 Å². The Morgan fingerprint density at radius 3 is 2.43 bits per heavy atom. The lowest BCUT2D eigenvalue weighted by molar-refractivity contribution is 0.133. The molecule has 0 aromatic heterocycles. The van der Waals surface area contributed by atoms with Gasteiger partial charge in [-0.15, -0.1) is 0 Å². The van der Waals surface area contributed by atoms with Crippen LogP contribution < -0.4 is 0 Å². The molecule has 1 aromatic carbocycles. The van der Waals surface area contributed by atoms with Crippen molar-refractivity contribution < 1.29 is 5.11 Å². The van der Waals surface area contributed by atoms with Crippen LogP contribution in [0.25, 0.3) is 0 Å². The van der Waals surface area contributed by atoms with Gasteiger partial charge in [0.25, 0.3) is 0 Å². The maximum Gasteiger partial charge on any atom is 0.0802 e. The highest BCUT2D eigenvalue weighted by molar-refractivity contribution is 6.30. The summed E-state index contributed by atoms with van der Waals surface area (Å²) in [7, 11) is 4.18. The Labute approximate surface area is 134 Å². The zero-order valence-corrected chi connectivity index (χ0v) is 14.5. The van der Waals surface area contributed by atoms with Crippen molar-refractivity contribution >= 4 is 11.6 Å². The lowest BCUT2D eigenvalue weighted by Gasteiger charge is -2.26. The minimum atomic E-state index is -0.447. The number of aliphatic hydroxyl groups is 1. The predicted molar refractivity (Wildman–Crippen MR) is 90.9 cm³/mol. The molecule has 120 valence electrons. The summed E-state index contributed by atoms with van der Waals surface area (Å²) >= 11 is 5.98. The fourth-order valence-electron chi connectivity index (χ4n) is 2.34. The minimum absolute atomic E-state index is 0.447. The van der Waals surface area contributed by atoms with Crippen LogP contribution in [-0.4, -0.2) is 55.2 Å². The molecule has 0 aliphatic rings. The topological polar surface area (TPSA) is 26.7 Å². The van der Waals surface area contributed by atoms with E-state index in [1.165, 1.54) is 0 Å². The van der Waals surface area contributed by atoms with Crippen molar-refractivity contribution in [1.82, 2.24) is 9.80 Å². The highest BCUT2D eigenvalue weighted by Crippen LogP contribution is 2.20. The first kappa shape index (κ1) is 18.4. The molecule has 1 atom stereocenters. The van der Waals surface area contributed by atoms with E-state index in [0.29, 0.717) is 10.9 Å². The molecule has 0 spiro atoms. The first-order chi connectivity index (χ1) is 9.88. The number of hydrogen-bond acceptors (Lipinski definition) is 3. The maximum absolute atomic E-state index is 10.3. The summed E-state index contributed by atoms with van der Waals surface area (Å²) in [6.07, 6.45) is 0.290. The van der Waals surface area contributed by atoms with Gasteiger partial charge >= 0.3 is 0 Å². The molecule has 3 nitrogen and oxygen atoms in total. The Bertz CT molecular complexity index is 410. The van der Waals surface area contributed by atoms with Crippen LogP contribution in [0, 0.1) is 5.92 Å². The van der Waals surface area contributed by atoms with Crippen molar-refractivity contribution in [2.75, 3.05) is 40.3 Å². The molecule has 21 heavy (non-hydrogen) atoms. The molecule has 0 aliphatic carbocycles. The molecule has 0 amide bonds. The fraction of sp³-hybridized carbons (Fsp3) is 0.647. The second-order valence-corrected chi connectivity index (χ2v) is 6.79. The van der Waals surface area contributed by atoms with Crippen molar-refractivity contribution in [3.8, 4) is 0 Å². The zero-order valence-electron chi connectivity index (χ0n) is 13.7. The summed E-state index contributed by atoms with van der Waals surface area (Å²) in [5.74, 6) is 0.635. The Morgan fingerprint density at radius 1 is 1.14 bits per heavy atom. The number of likely N-dealkylation sites (N-methyl/N-ethyl adjacent to an activating group) is 1. The van der Waals surface area contributed by atoms with Gasteiger partial charge in [-0.2, -0.15) is 0 Å². The second kappa shape index (κ2) is 9.42. The Kier molecular flexibility index (Phi) is 8.27. The van der Waals surface area contributed by atoms with E-state index in [9.17, 15) is 5.11 Å². The summed E-state index contributed by atoms with van der Waals surface area (Å²) in [5, 5.41) is 11.0. The monoisotopic (exact) mass is 312 g/mol. The van der Waals surface area contributed by atoms with Gasteiger partial charge < -0.3 is 14.9 Å². The average molecular weight is 313 g/mol. The molecule has 0 saturated heterocycles. The molecular weight excluding hydrogens is 284 g/mol. The third kappa shape index (κ3) is 7.82. The number of aliphatic hydroxyl groups excluding tert-OH is 1. The van der Waals surface area contributed by atoms with E-state index in [2.05, 4.69) is 37.7 Å². The third-order valence-corrected chi connectivity index (χ3v) is 3.67. The zero-order chi connectivity index (χ0) is 15.8. The van der Waals surface area contributed by atoms with Gasteiger partial charge in [-0.05, 0) is 44.1 Å². The van der Waals surface area contributed by atoms with E-state index in [1.54, 1.807) is 0 Å². The number of benzene rings is 1. The smallest absolute Gasteiger partial charge is 0.0802 e. The molecule has 1 unspecified atom stereocenters. The number of halogens is 1. The van der Waals surface area contributed by atoms with Crippen molar-refractivity contribution in [2.45, 2.75) is 26.4 Å². The summed E-state index contributed by atoms with van der Waals surface area (Å²) in [5.41, 5.74) is 0.902. The fourth-order valence-corrected chi connectivity index (χ4v) is 2.54. The molecule has 0 saturated carbocycles. The Morgan fingerprint density at radius 2 is 1.86 bits per heavy atom. The van der Waals surface area contributed by atoms with Crippen LogP contribution in [0.4, 0.5) is 0 Å². The average Bonchev–Trinajstić information content (AvgIpc) is 2.40. The van der Waals surface area contributed by atoms with Crippen LogP contribution >= 0.6 is 11.6 Å². The van der Waals surface area contributed by atoms with Gasteiger partial charge in [0, 0.05) is 31.2 Å². The lowest BCUT2D eigenvalue weighted by Crippen LogP contribution is -2.35. The SMILES string of the molecule is CC(C)CN(CCC(O)c1cccc(Cl)c1)CCN(C)C. The summed E-state index contributed by atoms with van der Waals surface area (Å²) in [6, 6.07) is 7.50. The quantitative estimate of drug-likeness (QED) is 0.758. The van der Waals surface area contributed by atoms with Crippen molar-refractivity contribution in [3.05, 3.63) is 34.9 Å². The first-order valence-corrected chi connectivity index (χ1v) is 8.07. The van der Waals surface area contributed by atoms with Gasteiger partial charge in [0.1, 0.15) is 0 Å².